The Bertz CT molecular complexity index is 579. The van der Waals surface area contributed by atoms with Crippen molar-refractivity contribution in [2.75, 3.05) is 7.05 Å². The maximum atomic E-state index is 11.7. The minimum absolute atomic E-state index is 0.258. The van der Waals surface area contributed by atoms with E-state index in [-0.39, 0.29) is 12.4 Å². The maximum Gasteiger partial charge on any atom is 0.328 e. The number of rotatable bonds is 6. The summed E-state index contributed by atoms with van der Waals surface area (Å²) in [7, 11) is 1.76. The summed E-state index contributed by atoms with van der Waals surface area (Å²) in [6.45, 7) is 0.578. The molecule has 0 saturated heterocycles. The molecule has 0 fully saturated rings. The summed E-state index contributed by atoms with van der Waals surface area (Å²) < 4.78 is 0. The van der Waals surface area contributed by atoms with E-state index in [4.69, 9.17) is 4.84 Å². The van der Waals surface area contributed by atoms with Gasteiger partial charge in [-0.25, -0.2) is 0 Å². The fourth-order valence-electron chi connectivity index (χ4n) is 1.94. The van der Waals surface area contributed by atoms with Crippen LogP contribution in [0.4, 0.5) is 0 Å². The molecule has 0 N–H and O–H groups in total. The molecule has 3 nitrogen and oxygen atoms in total. The third kappa shape index (κ3) is 5.63. The lowest BCUT2D eigenvalue weighted by Crippen LogP contribution is -2.22. The van der Waals surface area contributed by atoms with Crippen LogP contribution < -0.4 is 0 Å². The van der Waals surface area contributed by atoms with Gasteiger partial charge < -0.3 is 4.84 Å². The number of carbonyl (C=O) groups excluding carboxylic acids is 1. The zero-order valence-electron chi connectivity index (χ0n) is 12.1. The quantitative estimate of drug-likeness (QED) is 0.756. The van der Waals surface area contributed by atoms with Gasteiger partial charge >= 0.3 is 5.97 Å². The van der Waals surface area contributed by atoms with Gasteiger partial charge in [0.05, 0.1) is 13.0 Å². The largest absolute Gasteiger partial charge is 0.368 e. The van der Waals surface area contributed by atoms with Gasteiger partial charge in [0.2, 0.25) is 0 Å². The highest BCUT2D eigenvalue weighted by Crippen LogP contribution is 2.05. The van der Waals surface area contributed by atoms with Crippen LogP contribution in [0.15, 0.2) is 66.7 Å². The average Bonchev–Trinajstić information content (AvgIpc) is 2.49. The van der Waals surface area contributed by atoms with Crippen molar-refractivity contribution < 1.29 is 9.63 Å². The smallest absolute Gasteiger partial charge is 0.328 e. The summed E-state index contributed by atoms with van der Waals surface area (Å²) in [5.41, 5.74) is 2.18. The molecule has 2 rings (SSSR count). The minimum Gasteiger partial charge on any atom is -0.368 e. The molecule has 0 aromatic heterocycles. The molecule has 0 bridgehead atoms. The van der Waals surface area contributed by atoms with Crippen molar-refractivity contribution in [3.05, 3.63) is 77.9 Å². The van der Waals surface area contributed by atoms with E-state index in [1.165, 1.54) is 0 Å². The molecule has 3 heteroatoms. The lowest BCUT2D eigenvalue weighted by atomic mass is 10.2. The van der Waals surface area contributed by atoms with Gasteiger partial charge in [0.15, 0.2) is 0 Å². The van der Waals surface area contributed by atoms with E-state index in [1.807, 2.05) is 72.8 Å². The van der Waals surface area contributed by atoms with Crippen molar-refractivity contribution in [3.63, 3.8) is 0 Å². The monoisotopic (exact) mass is 281 g/mol. The van der Waals surface area contributed by atoms with Crippen molar-refractivity contribution in [3.8, 4) is 0 Å². The van der Waals surface area contributed by atoms with Gasteiger partial charge in [-0.05, 0) is 11.1 Å². The SMILES string of the molecule is CN(Cc1ccccc1)OC(=O)C/C=C/c1ccccc1. The van der Waals surface area contributed by atoms with Crippen molar-refractivity contribution >= 4 is 12.0 Å². The molecule has 0 unspecified atom stereocenters. The van der Waals surface area contributed by atoms with E-state index in [2.05, 4.69) is 0 Å². The normalized spacial score (nSPS) is 11.0. The van der Waals surface area contributed by atoms with Crippen LogP contribution >= 0.6 is 0 Å². The molecule has 0 aliphatic rings. The Morgan fingerprint density at radius 1 is 1.05 bits per heavy atom. The van der Waals surface area contributed by atoms with Gasteiger partial charge in [0.1, 0.15) is 0 Å². The molecule has 2 aromatic rings. The van der Waals surface area contributed by atoms with Crippen LogP contribution in [-0.2, 0) is 16.2 Å². The molecule has 0 saturated carbocycles. The van der Waals surface area contributed by atoms with Gasteiger partial charge in [0.25, 0.3) is 0 Å². The van der Waals surface area contributed by atoms with Crippen molar-refractivity contribution in [2.24, 2.45) is 0 Å². The second kappa shape index (κ2) is 8.02. The second-order valence-corrected chi connectivity index (χ2v) is 4.75. The van der Waals surface area contributed by atoms with Crippen LogP contribution in [0.3, 0.4) is 0 Å². The first-order valence-corrected chi connectivity index (χ1v) is 6.91. The molecule has 0 radical (unpaired) electrons. The Hall–Kier alpha value is -2.39. The topological polar surface area (TPSA) is 29.5 Å². The fraction of sp³-hybridized carbons (Fsp3) is 0.167. The molecule has 0 spiro atoms. The highest BCUT2D eigenvalue weighted by Gasteiger charge is 2.06. The second-order valence-electron chi connectivity index (χ2n) is 4.75. The predicted octanol–water partition coefficient (Wildman–Crippen LogP) is 3.68. The molecule has 21 heavy (non-hydrogen) atoms. The summed E-state index contributed by atoms with van der Waals surface area (Å²) in [6.07, 6.45) is 3.99. The van der Waals surface area contributed by atoms with E-state index in [0.717, 1.165) is 11.1 Å². The fourth-order valence-corrected chi connectivity index (χ4v) is 1.94. The highest BCUT2D eigenvalue weighted by molar-refractivity contribution is 5.72. The van der Waals surface area contributed by atoms with Gasteiger partial charge in [-0.15, -0.1) is 5.06 Å². The summed E-state index contributed by atoms with van der Waals surface area (Å²) in [5.74, 6) is -0.263. The molecular weight excluding hydrogens is 262 g/mol. The summed E-state index contributed by atoms with van der Waals surface area (Å²) in [5, 5.41) is 1.55. The Balaban J connectivity index is 1.75. The van der Waals surface area contributed by atoms with Crippen LogP contribution in [-0.4, -0.2) is 18.1 Å². The Labute approximate surface area is 125 Å². The van der Waals surface area contributed by atoms with Gasteiger partial charge in [-0.2, -0.15) is 0 Å². The van der Waals surface area contributed by atoms with Crippen molar-refractivity contribution in [1.82, 2.24) is 5.06 Å². The molecule has 0 amide bonds. The van der Waals surface area contributed by atoms with E-state index in [0.29, 0.717) is 6.54 Å². The zero-order valence-corrected chi connectivity index (χ0v) is 12.1. The van der Waals surface area contributed by atoms with Crippen LogP contribution in [0.5, 0.6) is 0 Å². The number of hydrogen-bond donors (Lipinski definition) is 0. The third-order valence-corrected chi connectivity index (χ3v) is 2.90. The predicted molar refractivity (Wildman–Crippen MR) is 84.1 cm³/mol. The standard InChI is InChI=1S/C18H19NO2/c1-19(15-17-11-6-3-7-12-17)21-18(20)14-8-13-16-9-4-2-5-10-16/h2-13H,14-15H2,1H3/b13-8+. The van der Waals surface area contributed by atoms with Crippen molar-refractivity contribution in [1.29, 1.82) is 0 Å². The minimum atomic E-state index is -0.263. The lowest BCUT2D eigenvalue weighted by molar-refractivity contribution is -0.185. The molecule has 0 aliphatic carbocycles. The van der Waals surface area contributed by atoms with E-state index >= 15 is 0 Å². The van der Waals surface area contributed by atoms with Crippen LogP contribution in [0.2, 0.25) is 0 Å². The first-order valence-electron chi connectivity index (χ1n) is 6.91. The van der Waals surface area contributed by atoms with Crippen LogP contribution in [0.1, 0.15) is 17.5 Å². The van der Waals surface area contributed by atoms with Crippen LogP contribution in [0, 0.1) is 0 Å². The maximum absolute atomic E-state index is 11.7. The number of hydroxylamine groups is 2. The third-order valence-electron chi connectivity index (χ3n) is 2.90. The number of hydrogen-bond acceptors (Lipinski definition) is 3. The first-order chi connectivity index (χ1) is 10.2. The molecule has 108 valence electrons. The van der Waals surface area contributed by atoms with E-state index < -0.39 is 0 Å². The first kappa shape index (κ1) is 15.0. The molecular formula is C18H19NO2. The molecule has 0 heterocycles. The number of benzene rings is 2. The Kier molecular flexibility index (Phi) is 5.73. The van der Waals surface area contributed by atoms with Gasteiger partial charge in [-0.1, -0.05) is 72.8 Å². The number of carbonyl (C=O) groups is 1. The summed E-state index contributed by atoms with van der Waals surface area (Å²) in [4.78, 5) is 17.0. The van der Waals surface area contributed by atoms with E-state index in [9.17, 15) is 4.79 Å². The summed E-state index contributed by atoms with van der Waals surface area (Å²) >= 11 is 0. The number of nitrogens with zero attached hydrogens (tertiary/aromatic N) is 1. The molecule has 2 aromatic carbocycles. The van der Waals surface area contributed by atoms with Gasteiger partial charge in [0, 0.05) is 7.05 Å². The highest BCUT2D eigenvalue weighted by atomic mass is 16.7. The molecule has 0 aliphatic heterocycles. The zero-order chi connectivity index (χ0) is 14.9. The van der Waals surface area contributed by atoms with E-state index in [1.54, 1.807) is 12.1 Å². The average molecular weight is 281 g/mol. The Morgan fingerprint density at radius 3 is 2.33 bits per heavy atom. The lowest BCUT2D eigenvalue weighted by Gasteiger charge is -2.15. The Morgan fingerprint density at radius 2 is 1.67 bits per heavy atom. The van der Waals surface area contributed by atoms with Gasteiger partial charge in [-0.3, -0.25) is 4.79 Å². The summed E-state index contributed by atoms with van der Waals surface area (Å²) in [6, 6.07) is 19.8. The van der Waals surface area contributed by atoms with Crippen molar-refractivity contribution in [2.45, 2.75) is 13.0 Å². The van der Waals surface area contributed by atoms with Crippen LogP contribution in [0.25, 0.3) is 6.08 Å². The molecule has 0 atom stereocenters.